The summed E-state index contributed by atoms with van der Waals surface area (Å²) in [7, 11) is -1.88. The van der Waals surface area contributed by atoms with Gasteiger partial charge >= 0.3 is 0 Å². The maximum atomic E-state index is 14.5. The first-order valence-electron chi connectivity index (χ1n) is 12.8. The number of hydrogen-bond donors (Lipinski definition) is 2. The molecule has 1 aromatic carbocycles. The van der Waals surface area contributed by atoms with Crippen molar-refractivity contribution in [1.82, 2.24) is 19.8 Å². The van der Waals surface area contributed by atoms with Gasteiger partial charge in [-0.25, -0.2) is 9.38 Å². The summed E-state index contributed by atoms with van der Waals surface area (Å²) in [5.41, 5.74) is 4.59. The van der Waals surface area contributed by atoms with Gasteiger partial charge in [-0.1, -0.05) is 44.8 Å². The second kappa shape index (κ2) is 9.84. The molecule has 0 saturated carbocycles. The topological polar surface area (TPSA) is 42.9 Å². The monoisotopic (exact) mass is 511 g/mol. The molecular formula is C29H42FN5S. The highest BCUT2D eigenvalue weighted by Gasteiger charge is 2.38. The molecule has 7 heteroatoms. The fourth-order valence-corrected chi connectivity index (χ4v) is 7.83. The van der Waals surface area contributed by atoms with E-state index in [-0.39, 0.29) is 11.2 Å². The minimum atomic E-state index is -1.88. The quantitative estimate of drug-likeness (QED) is 0.504. The van der Waals surface area contributed by atoms with Gasteiger partial charge in [0, 0.05) is 54.3 Å². The number of fused-ring (bicyclic) bond motifs is 1. The molecule has 196 valence electrons. The predicted octanol–water partition coefficient (Wildman–Crippen LogP) is 5.38. The van der Waals surface area contributed by atoms with Gasteiger partial charge in [0.2, 0.25) is 0 Å². The summed E-state index contributed by atoms with van der Waals surface area (Å²) in [5.74, 6) is 9.88. The highest BCUT2D eigenvalue weighted by molar-refractivity contribution is 8.25. The lowest BCUT2D eigenvalue weighted by Crippen LogP contribution is -2.52. The molecule has 2 saturated heterocycles. The molecule has 4 rings (SSSR count). The zero-order chi connectivity index (χ0) is 26.4. The number of piperidine rings is 1. The summed E-state index contributed by atoms with van der Waals surface area (Å²) in [6, 6.07) is 5.63. The maximum Gasteiger partial charge on any atom is 0.124 e. The van der Waals surface area contributed by atoms with Crippen LogP contribution in [0.25, 0.3) is 0 Å². The lowest BCUT2D eigenvalue weighted by Gasteiger charge is -2.44. The van der Waals surface area contributed by atoms with Crippen LogP contribution in [0.2, 0.25) is 0 Å². The largest absolute Gasteiger partial charge is 0.380 e. The number of aliphatic imine (C=N–C) groups is 1. The van der Waals surface area contributed by atoms with E-state index in [1.54, 1.807) is 6.07 Å². The van der Waals surface area contributed by atoms with Crippen molar-refractivity contribution in [2.24, 2.45) is 10.4 Å². The first-order valence-corrected chi connectivity index (χ1v) is 14.7. The number of rotatable bonds is 6. The fraction of sp³-hybridized carbons (Fsp3) is 0.483. The Hall–Kier alpha value is -2.35. The van der Waals surface area contributed by atoms with Crippen LogP contribution in [-0.2, 0) is 6.54 Å². The molecule has 3 aliphatic rings. The number of benzene rings is 1. The van der Waals surface area contributed by atoms with Gasteiger partial charge in [-0.05, 0) is 56.9 Å². The SMILES string of the molecule is C=C(NCc1ccc(F)cc1S(=C)(=C)N1CC(C)NC(C)C1)C1=C(C)C(=C)N2CCCC(C)(C)C2=N1. The third kappa shape index (κ3) is 5.06. The Morgan fingerprint density at radius 3 is 2.58 bits per heavy atom. The first-order chi connectivity index (χ1) is 16.8. The molecule has 3 aliphatic heterocycles. The second-order valence-corrected chi connectivity index (χ2v) is 13.9. The first kappa shape index (κ1) is 26.7. The lowest BCUT2D eigenvalue weighted by atomic mass is 9.81. The summed E-state index contributed by atoms with van der Waals surface area (Å²) in [6.07, 6.45) is 2.23. The standard InChI is InChI=1S/C29H42FN5S/c1-19-17-34(18-20(2)32-19)36(8,9)26-15-25(30)12-11-24(26)16-31-22(4)27-21(3)23(5)35-14-10-13-29(6,7)28(35)33-27/h11-12,15,19-20,31-32H,4-5,8-10,13-14,16-18H2,1-3,6-7H3. The number of nitrogens with zero attached hydrogens (tertiary/aromatic N) is 3. The van der Waals surface area contributed by atoms with E-state index in [9.17, 15) is 4.39 Å². The van der Waals surface area contributed by atoms with Crippen LogP contribution in [0.4, 0.5) is 4.39 Å². The van der Waals surface area contributed by atoms with E-state index in [0.29, 0.717) is 18.6 Å². The Balaban J connectivity index is 1.59. The molecule has 0 amide bonds. The van der Waals surface area contributed by atoms with E-state index in [2.05, 4.69) is 79.4 Å². The smallest absolute Gasteiger partial charge is 0.124 e. The molecule has 5 nitrogen and oxygen atoms in total. The van der Waals surface area contributed by atoms with Crippen LogP contribution in [0.15, 0.2) is 63.9 Å². The highest BCUT2D eigenvalue weighted by Crippen LogP contribution is 2.41. The van der Waals surface area contributed by atoms with Crippen LogP contribution in [0, 0.1) is 11.2 Å². The van der Waals surface area contributed by atoms with Crippen LogP contribution in [0.5, 0.6) is 0 Å². The number of nitrogens with one attached hydrogen (secondary N) is 2. The molecule has 0 bridgehead atoms. The molecule has 2 fully saturated rings. The van der Waals surface area contributed by atoms with Crippen LogP contribution in [-0.4, -0.2) is 58.5 Å². The molecule has 0 aliphatic carbocycles. The van der Waals surface area contributed by atoms with Gasteiger partial charge in [-0.15, -0.1) is 9.39 Å². The molecule has 0 spiro atoms. The molecule has 3 heterocycles. The predicted molar refractivity (Wildman–Crippen MR) is 155 cm³/mol. The van der Waals surface area contributed by atoms with Crippen LogP contribution in [0.3, 0.4) is 0 Å². The van der Waals surface area contributed by atoms with E-state index in [4.69, 9.17) is 4.99 Å². The normalized spacial score (nSPS) is 24.9. The van der Waals surface area contributed by atoms with Crippen LogP contribution in [0.1, 0.15) is 53.0 Å². The summed E-state index contributed by atoms with van der Waals surface area (Å²) in [4.78, 5) is 8.21. The van der Waals surface area contributed by atoms with E-state index in [1.807, 2.05) is 6.07 Å². The number of allylic oxidation sites excluding steroid dienone is 1. The average molecular weight is 512 g/mol. The van der Waals surface area contributed by atoms with E-state index >= 15 is 0 Å². The summed E-state index contributed by atoms with van der Waals surface area (Å²) < 4.78 is 16.8. The van der Waals surface area contributed by atoms with Gasteiger partial charge < -0.3 is 15.5 Å². The third-order valence-electron chi connectivity index (χ3n) is 7.61. The van der Waals surface area contributed by atoms with E-state index in [0.717, 1.165) is 71.4 Å². The van der Waals surface area contributed by atoms with Gasteiger partial charge in [0.15, 0.2) is 0 Å². The molecule has 2 N–H and O–H groups in total. The van der Waals surface area contributed by atoms with Crippen molar-refractivity contribution in [1.29, 1.82) is 0 Å². The third-order valence-corrected chi connectivity index (χ3v) is 10.1. The Labute approximate surface area is 217 Å². The maximum absolute atomic E-state index is 14.5. The molecule has 2 atom stereocenters. The molecule has 1 aromatic rings. The van der Waals surface area contributed by atoms with Crippen molar-refractivity contribution in [2.75, 3.05) is 19.6 Å². The molecule has 2 unspecified atom stereocenters. The van der Waals surface area contributed by atoms with E-state index < -0.39 is 9.39 Å². The second-order valence-electron chi connectivity index (χ2n) is 11.2. The van der Waals surface area contributed by atoms with Gasteiger partial charge in [0.05, 0.1) is 11.4 Å². The van der Waals surface area contributed by atoms with E-state index in [1.165, 1.54) is 6.07 Å². The number of halogens is 1. The summed E-state index contributed by atoms with van der Waals surface area (Å²) >= 11 is 0. The Kier molecular flexibility index (Phi) is 7.30. The Bertz CT molecular complexity index is 1230. The Morgan fingerprint density at radius 1 is 1.25 bits per heavy atom. The summed E-state index contributed by atoms with van der Waals surface area (Å²) in [5, 5.41) is 7.04. The van der Waals surface area contributed by atoms with Gasteiger partial charge in [0.25, 0.3) is 0 Å². The zero-order valence-electron chi connectivity index (χ0n) is 22.6. The average Bonchev–Trinajstić information content (AvgIpc) is 2.79. The van der Waals surface area contributed by atoms with Crippen molar-refractivity contribution >= 4 is 27.0 Å². The van der Waals surface area contributed by atoms with Crippen molar-refractivity contribution in [3.8, 4) is 0 Å². The number of piperazine rings is 1. The minimum Gasteiger partial charge on any atom is -0.380 e. The molecule has 0 radical (unpaired) electrons. The van der Waals surface area contributed by atoms with Crippen molar-refractivity contribution < 1.29 is 4.39 Å². The lowest BCUT2D eigenvalue weighted by molar-refractivity contribution is 0.279. The van der Waals surface area contributed by atoms with Gasteiger partial charge in [-0.3, -0.25) is 4.31 Å². The number of hydrogen-bond acceptors (Lipinski definition) is 5. The fourth-order valence-electron chi connectivity index (χ4n) is 5.57. The zero-order valence-corrected chi connectivity index (χ0v) is 23.4. The van der Waals surface area contributed by atoms with Crippen LogP contribution >= 0.6 is 9.39 Å². The highest BCUT2D eigenvalue weighted by atomic mass is 32.2. The minimum absolute atomic E-state index is 0.0140. The molecule has 36 heavy (non-hydrogen) atoms. The van der Waals surface area contributed by atoms with Crippen molar-refractivity contribution in [2.45, 2.75) is 71.0 Å². The molecular weight excluding hydrogens is 469 g/mol. The van der Waals surface area contributed by atoms with Gasteiger partial charge in [-0.2, -0.15) is 0 Å². The Morgan fingerprint density at radius 2 is 1.92 bits per heavy atom. The molecule has 0 aromatic heterocycles. The van der Waals surface area contributed by atoms with Crippen molar-refractivity contribution in [3.05, 3.63) is 65.4 Å². The summed E-state index contributed by atoms with van der Waals surface area (Å²) in [6.45, 7) is 22.7. The van der Waals surface area contributed by atoms with Gasteiger partial charge in [0.1, 0.15) is 11.7 Å². The van der Waals surface area contributed by atoms with Crippen LogP contribution < -0.4 is 10.6 Å². The van der Waals surface area contributed by atoms with Crippen molar-refractivity contribution in [3.63, 3.8) is 0 Å². The number of amidine groups is 1.